The van der Waals surface area contributed by atoms with Crippen LogP contribution in [-0.4, -0.2) is 56.2 Å². The van der Waals surface area contributed by atoms with Gasteiger partial charge < -0.3 is 9.42 Å². The van der Waals surface area contributed by atoms with Crippen LogP contribution >= 0.6 is 0 Å². The highest BCUT2D eigenvalue weighted by Crippen LogP contribution is 2.16. The lowest BCUT2D eigenvalue weighted by molar-refractivity contribution is 0.219. The molecule has 0 aliphatic carbocycles. The molecule has 0 amide bonds. The van der Waals surface area contributed by atoms with Crippen LogP contribution in [-0.2, 0) is 6.54 Å². The van der Waals surface area contributed by atoms with Crippen LogP contribution in [0, 0.1) is 20.8 Å². The third-order valence-corrected chi connectivity index (χ3v) is 4.62. The maximum atomic E-state index is 5.31. The van der Waals surface area contributed by atoms with Gasteiger partial charge in [0.05, 0.1) is 17.9 Å². The maximum absolute atomic E-state index is 5.31. The fourth-order valence-electron chi connectivity index (χ4n) is 3.31. The van der Waals surface area contributed by atoms with Gasteiger partial charge in [0.25, 0.3) is 0 Å². The number of piperazine rings is 1. The van der Waals surface area contributed by atoms with Crippen LogP contribution in [0.1, 0.15) is 22.8 Å². The number of rotatable bonds is 4. The Balaban J connectivity index is 1.38. The van der Waals surface area contributed by atoms with Gasteiger partial charge in [0.1, 0.15) is 0 Å². The van der Waals surface area contributed by atoms with E-state index in [0.717, 1.165) is 67.2 Å². The Morgan fingerprint density at radius 1 is 0.923 bits per heavy atom. The lowest BCUT2D eigenvalue weighted by atomic mass is 10.3. The average molecular weight is 353 g/mol. The summed E-state index contributed by atoms with van der Waals surface area (Å²) in [6.45, 7) is 10.5. The molecule has 0 aromatic carbocycles. The first kappa shape index (κ1) is 16.7. The summed E-state index contributed by atoms with van der Waals surface area (Å²) in [7, 11) is 0. The number of aromatic nitrogens is 5. The molecule has 0 saturated carbocycles. The molecule has 26 heavy (non-hydrogen) atoms. The molecule has 1 aliphatic heterocycles. The topological polar surface area (TPSA) is 76.1 Å². The van der Waals surface area contributed by atoms with Gasteiger partial charge in [0.2, 0.25) is 0 Å². The van der Waals surface area contributed by atoms with Gasteiger partial charge in [-0.3, -0.25) is 4.90 Å². The third kappa shape index (κ3) is 3.45. The van der Waals surface area contributed by atoms with E-state index in [2.05, 4.69) is 30.3 Å². The van der Waals surface area contributed by atoms with E-state index in [1.54, 1.807) is 0 Å². The van der Waals surface area contributed by atoms with Crippen molar-refractivity contribution in [3.8, 4) is 5.82 Å². The first-order valence-corrected chi connectivity index (χ1v) is 8.85. The van der Waals surface area contributed by atoms with Gasteiger partial charge in [-0.1, -0.05) is 5.16 Å². The molecule has 136 valence electrons. The minimum absolute atomic E-state index is 0.749. The van der Waals surface area contributed by atoms with Crippen LogP contribution in [0.2, 0.25) is 0 Å². The molecule has 8 nitrogen and oxygen atoms in total. The van der Waals surface area contributed by atoms with Crippen molar-refractivity contribution in [2.75, 3.05) is 31.1 Å². The molecule has 0 N–H and O–H groups in total. The summed E-state index contributed by atoms with van der Waals surface area (Å²) in [6.07, 6.45) is 0. The lowest BCUT2D eigenvalue weighted by Gasteiger charge is -2.34. The van der Waals surface area contributed by atoms with Gasteiger partial charge in [-0.2, -0.15) is 5.10 Å². The second-order valence-corrected chi connectivity index (χ2v) is 6.79. The molecule has 4 rings (SSSR count). The number of aryl methyl sites for hydroxylation is 3. The summed E-state index contributed by atoms with van der Waals surface area (Å²) in [5.41, 5.74) is 2.96. The minimum Gasteiger partial charge on any atom is -0.360 e. The summed E-state index contributed by atoms with van der Waals surface area (Å²) in [6, 6.07) is 8.03. The maximum Gasteiger partial charge on any atom is 0.176 e. The van der Waals surface area contributed by atoms with E-state index in [4.69, 9.17) is 4.52 Å². The van der Waals surface area contributed by atoms with Gasteiger partial charge in [-0.25, -0.2) is 4.68 Å². The minimum atomic E-state index is 0.749. The van der Waals surface area contributed by atoms with Gasteiger partial charge in [-0.05, 0) is 39.0 Å². The molecule has 0 bridgehead atoms. The fraction of sp³-hybridized carbons (Fsp3) is 0.444. The Bertz CT molecular complexity index is 875. The van der Waals surface area contributed by atoms with Crippen molar-refractivity contribution < 1.29 is 4.52 Å². The molecule has 0 radical (unpaired) electrons. The van der Waals surface area contributed by atoms with Crippen LogP contribution in [0.15, 0.2) is 28.8 Å². The highest BCUT2D eigenvalue weighted by molar-refractivity contribution is 5.40. The molecule has 1 aliphatic rings. The third-order valence-electron chi connectivity index (χ3n) is 4.62. The highest BCUT2D eigenvalue weighted by atomic mass is 16.5. The van der Waals surface area contributed by atoms with Crippen LogP contribution in [0.5, 0.6) is 0 Å². The molecular weight excluding hydrogens is 330 g/mol. The van der Waals surface area contributed by atoms with Crippen LogP contribution in [0.4, 0.5) is 5.82 Å². The predicted molar refractivity (Wildman–Crippen MR) is 97.4 cm³/mol. The molecular formula is C18H23N7O. The molecule has 0 spiro atoms. The SMILES string of the molecule is Cc1cc(CN2CCN(c3ccc(-n4nc(C)cc4C)nn3)CC2)on1. The monoisotopic (exact) mass is 353 g/mol. The van der Waals surface area contributed by atoms with Crippen molar-refractivity contribution in [2.24, 2.45) is 0 Å². The standard InChI is InChI=1S/C18H23N7O/c1-13-10-15(3)25(21-13)18-5-4-17(19-20-18)24-8-6-23(7-9-24)12-16-11-14(2)22-26-16/h4-5,10-11H,6-9,12H2,1-3H3. The Morgan fingerprint density at radius 2 is 1.65 bits per heavy atom. The zero-order valence-electron chi connectivity index (χ0n) is 15.4. The normalized spacial score (nSPS) is 15.6. The Labute approximate surface area is 152 Å². The molecule has 1 fully saturated rings. The largest absolute Gasteiger partial charge is 0.360 e. The van der Waals surface area contributed by atoms with Gasteiger partial charge in [0, 0.05) is 37.9 Å². The van der Waals surface area contributed by atoms with Crippen LogP contribution < -0.4 is 4.90 Å². The molecule has 4 heterocycles. The summed E-state index contributed by atoms with van der Waals surface area (Å²) >= 11 is 0. The quantitative estimate of drug-likeness (QED) is 0.709. The van der Waals surface area contributed by atoms with Crippen molar-refractivity contribution >= 4 is 5.82 Å². The van der Waals surface area contributed by atoms with E-state index < -0.39 is 0 Å². The smallest absolute Gasteiger partial charge is 0.176 e. The molecule has 3 aromatic rings. The number of hydrogen-bond donors (Lipinski definition) is 0. The molecule has 8 heteroatoms. The van der Waals surface area contributed by atoms with Gasteiger partial charge in [0.15, 0.2) is 17.4 Å². The van der Waals surface area contributed by atoms with E-state index >= 15 is 0 Å². The molecule has 0 atom stereocenters. The van der Waals surface area contributed by atoms with E-state index in [-0.39, 0.29) is 0 Å². The van der Waals surface area contributed by atoms with Crippen molar-refractivity contribution in [2.45, 2.75) is 27.3 Å². The summed E-state index contributed by atoms with van der Waals surface area (Å²) in [4.78, 5) is 4.63. The average Bonchev–Trinajstić information content (AvgIpc) is 3.20. The number of hydrogen-bond acceptors (Lipinski definition) is 7. The second kappa shape index (κ2) is 6.87. The highest BCUT2D eigenvalue weighted by Gasteiger charge is 2.20. The van der Waals surface area contributed by atoms with Crippen molar-refractivity contribution in [1.29, 1.82) is 0 Å². The van der Waals surface area contributed by atoms with Gasteiger partial charge >= 0.3 is 0 Å². The second-order valence-electron chi connectivity index (χ2n) is 6.79. The van der Waals surface area contributed by atoms with Crippen molar-refractivity contribution in [1.82, 2.24) is 30.0 Å². The first-order valence-electron chi connectivity index (χ1n) is 8.85. The van der Waals surface area contributed by atoms with Gasteiger partial charge in [-0.15, -0.1) is 10.2 Å². The molecule has 1 saturated heterocycles. The Morgan fingerprint density at radius 3 is 2.23 bits per heavy atom. The predicted octanol–water partition coefficient (Wildman–Crippen LogP) is 1.90. The van der Waals surface area contributed by atoms with Crippen LogP contribution in [0.25, 0.3) is 5.82 Å². The van der Waals surface area contributed by atoms with E-state index in [9.17, 15) is 0 Å². The number of nitrogens with zero attached hydrogens (tertiary/aromatic N) is 7. The Kier molecular flexibility index (Phi) is 4.42. The molecule has 0 unspecified atom stereocenters. The van der Waals surface area contributed by atoms with E-state index in [0.29, 0.717) is 0 Å². The van der Waals surface area contributed by atoms with Crippen molar-refractivity contribution in [3.05, 3.63) is 47.1 Å². The first-order chi connectivity index (χ1) is 12.6. The molecule has 3 aromatic heterocycles. The fourth-order valence-corrected chi connectivity index (χ4v) is 3.31. The van der Waals surface area contributed by atoms with Crippen molar-refractivity contribution in [3.63, 3.8) is 0 Å². The number of anilines is 1. The summed E-state index contributed by atoms with van der Waals surface area (Å²) < 4.78 is 7.13. The summed E-state index contributed by atoms with van der Waals surface area (Å²) in [5.74, 6) is 2.58. The van der Waals surface area contributed by atoms with E-state index in [1.165, 1.54) is 0 Å². The zero-order chi connectivity index (χ0) is 18.1. The zero-order valence-corrected chi connectivity index (χ0v) is 15.4. The van der Waals surface area contributed by atoms with Crippen LogP contribution in [0.3, 0.4) is 0 Å². The lowest BCUT2D eigenvalue weighted by Crippen LogP contribution is -2.46. The summed E-state index contributed by atoms with van der Waals surface area (Å²) in [5, 5.41) is 17.2. The van der Waals surface area contributed by atoms with E-state index in [1.807, 2.05) is 49.7 Å². The Hall–Kier alpha value is -2.74.